The van der Waals surface area contributed by atoms with Crippen molar-refractivity contribution in [1.82, 2.24) is 4.98 Å². The van der Waals surface area contributed by atoms with Crippen LogP contribution in [0.3, 0.4) is 0 Å². The van der Waals surface area contributed by atoms with Gasteiger partial charge in [-0.2, -0.15) is 0 Å². The molecule has 2 rings (SSSR count). The highest BCUT2D eigenvalue weighted by Crippen LogP contribution is 2.16. The maximum atomic E-state index is 11.4. The third kappa shape index (κ3) is 3.75. The largest absolute Gasteiger partial charge is 0.485 e. The molecule has 0 aliphatic carbocycles. The molecular weight excluding hydrogens is 276 g/mol. The number of ether oxygens (including phenoxy) is 2. The van der Waals surface area contributed by atoms with Crippen molar-refractivity contribution in [2.75, 3.05) is 7.11 Å². The van der Waals surface area contributed by atoms with Crippen molar-refractivity contribution in [2.24, 2.45) is 0 Å². The molecule has 0 bridgehead atoms. The molecule has 0 unspecified atom stereocenters. The van der Waals surface area contributed by atoms with E-state index in [2.05, 4.69) is 9.72 Å². The molecule has 0 N–H and O–H groups in total. The van der Waals surface area contributed by atoms with Crippen LogP contribution >= 0.6 is 0 Å². The number of pyridine rings is 1. The normalized spacial score (nSPS) is 9.95. The van der Waals surface area contributed by atoms with Gasteiger partial charge in [0.25, 0.3) is 0 Å². The number of rotatable bonds is 5. The number of methoxy groups -OCH3 is 1. The topological polar surface area (TPSA) is 91.6 Å². The number of carbonyl (C=O) groups is 1. The second-order valence-electron chi connectivity index (χ2n) is 4.09. The molecule has 7 heteroatoms. The van der Waals surface area contributed by atoms with Gasteiger partial charge in [0.2, 0.25) is 0 Å². The van der Waals surface area contributed by atoms with Crippen LogP contribution < -0.4 is 4.74 Å². The summed E-state index contributed by atoms with van der Waals surface area (Å²) >= 11 is 0. The van der Waals surface area contributed by atoms with E-state index in [1.165, 1.54) is 25.4 Å². The first kappa shape index (κ1) is 14.4. The number of nitro groups is 1. The van der Waals surface area contributed by atoms with Crippen LogP contribution in [0, 0.1) is 10.1 Å². The molecule has 0 amide bonds. The Morgan fingerprint density at radius 2 is 2.14 bits per heavy atom. The van der Waals surface area contributed by atoms with Gasteiger partial charge >= 0.3 is 11.8 Å². The second-order valence-corrected chi connectivity index (χ2v) is 4.09. The van der Waals surface area contributed by atoms with E-state index in [-0.39, 0.29) is 12.4 Å². The summed E-state index contributed by atoms with van der Waals surface area (Å²) in [5.41, 5.74) is 1.21. The zero-order valence-corrected chi connectivity index (χ0v) is 11.2. The average molecular weight is 288 g/mol. The SMILES string of the molecule is COC(=O)c1cccc(COc2ccc([N+](=O)[O-])nc2)c1. The number of hydrogen-bond acceptors (Lipinski definition) is 6. The molecule has 0 radical (unpaired) electrons. The predicted molar refractivity (Wildman–Crippen MR) is 73.0 cm³/mol. The summed E-state index contributed by atoms with van der Waals surface area (Å²) in [5.74, 6) is -0.257. The van der Waals surface area contributed by atoms with Crippen molar-refractivity contribution in [1.29, 1.82) is 0 Å². The molecule has 1 aromatic carbocycles. The summed E-state index contributed by atoms with van der Waals surface area (Å²) in [6, 6.07) is 9.55. The summed E-state index contributed by atoms with van der Waals surface area (Å²) < 4.78 is 10.1. The lowest BCUT2D eigenvalue weighted by Gasteiger charge is -2.06. The van der Waals surface area contributed by atoms with Crippen LogP contribution in [0.15, 0.2) is 42.6 Å². The number of hydrogen-bond donors (Lipinski definition) is 0. The van der Waals surface area contributed by atoms with Gasteiger partial charge in [0.15, 0.2) is 11.9 Å². The number of benzene rings is 1. The quantitative estimate of drug-likeness (QED) is 0.476. The van der Waals surface area contributed by atoms with E-state index in [1.807, 2.05) is 0 Å². The lowest BCUT2D eigenvalue weighted by Crippen LogP contribution is -2.03. The van der Waals surface area contributed by atoms with Crippen LogP contribution in [0.5, 0.6) is 5.75 Å². The fraction of sp³-hybridized carbons (Fsp3) is 0.143. The first-order valence-electron chi connectivity index (χ1n) is 6.00. The third-order valence-corrected chi connectivity index (χ3v) is 2.66. The van der Waals surface area contributed by atoms with E-state index >= 15 is 0 Å². The summed E-state index contributed by atoms with van der Waals surface area (Å²) in [5, 5.41) is 10.5. The minimum absolute atomic E-state index is 0.213. The smallest absolute Gasteiger partial charge is 0.363 e. The molecule has 0 aliphatic heterocycles. The fourth-order valence-corrected chi connectivity index (χ4v) is 1.64. The number of nitrogens with zero attached hydrogens (tertiary/aromatic N) is 2. The molecular formula is C14H12N2O5. The van der Waals surface area contributed by atoms with E-state index in [0.29, 0.717) is 11.3 Å². The van der Waals surface area contributed by atoms with Crippen LogP contribution in [0.2, 0.25) is 0 Å². The van der Waals surface area contributed by atoms with E-state index in [4.69, 9.17) is 4.74 Å². The molecule has 21 heavy (non-hydrogen) atoms. The molecule has 0 aliphatic rings. The predicted octanol–water partition coefficient (Wildman–Crippen LogP) is 2.36. The Morgan fingerprint density at radius 3 is 2.76 bits per heavy atom. The van der Waals surface area contributed by atoms with Gasteiger partial charge < -0.3 is 19.6 Å². The van der Waals surface area contributed by atoms with E-state index in [9.17, 15) is 14.9 Å². The summed E-state index contributed by atoms with van der Waals surface area (Å²) in [6.07, 6.45) is 1.28. The minimum atomic E-state index is -0.580. The zero-order chi connectivity index (χ0) is 15.2. The molecule has 2 aromatic rings. The monoisotopic (exact) mass is 288 g/mol. The van der Waals surface area contributed by atoms with Crippen LogP contribution in [-0.4, -0.2) is 23.0 Å². The molecule has 0 atom stereocenters. The van der Waals surface area contributed by atoms with Gasteiger partial charge in [0.05, 0.1) is 12.7 Å². The lowest BCUT2D eigenvalue weighted by molar-refractivity contribution is -0.389. The Morgan fingerprint density at radius 1 is 1.33 bits per heavy atom. The van der Waals surface area contributed by atoms with Crippen LogP contribution in [0.25, 0.3) is 0 Å². The zero-order valence-electron chi connectivity index (χ0n) is 11.2. The molecule has 0 saturated heterocycles. The van der Waals surface area contributed by atoms with Gasteiger partial charge in [-0.3, -0.25) is 0 Å². The highest BCUT2D eigenvalue weighted by Gasteiger charge is 2.08. The summed E-state index contributed by atoms with van der Waals surface area (Å²) in [7, 11) is 1.31. The van der Waals surface area contributed by atoms with Gasteiger partial charge in [-0.1, -0.05) is 12.1 Å². The first-order valence-corrected chi connectivity index (χ1v) is 6.00. The molecule has 0 spiro atoms. The molecule has 7 nitrogen and oxygen atoms in total. The van der Waals surface area contributed by atoms with Crippen LogP contribution in [0.4, 0.5) is 5.82 Å². The highest BCUT2D eigenvalue weighted by atomic mass is 16.6. The standard InChI is InChI=1S/C14H12N2O5/c1-20-14(17)11-4-2-3-10(7-11)9-21-12-5-6-13(15-8-12)16(18)19/h2-8H,9H2,1H3. The Kier molecular flexibility index (Phi) is 4.45. The van der Waals surface area contributed by atoms with Gasteiger partial charge in [-0.25, -0.2) is 4.79 Å². The number of aromatic nitrogens is 1. The van der Waals surface area contributed by atoms with E-state index in [1.54, 1.807) is 24.3 Å². The Hall–Kier alpha value is -2.96. The van der Waals surface area contributed by atoms with Crippen LogP contribution in [-0.2, 0) is 11.3 Å². The summed E-state index contributed by atoms with van der Waals surface area (Å²) in [6.45, 7) is 0.213. The Labute approximate surface area is 120 Å². The molecule has 1 aromatic heterocycles. The second kappa shape index (κ2) is 6.47. The van der Waals surface area contributed by atoms with Gasteiger partial charge in [-0.05, 0) is 33.7 Å². The maximum Gasteiger partial charge on any atom is 0.363 e. The van der Waals surface area contributed by atoms with Gasteiger partial charge in [0, 0.05) is 6.07 Å². The van der Waals surface area contributed by atoms with Crippen molar-refractivity contribution >= 4 is 11.8 Å². The Bertz CT molecular complexity index is 655. The van der Waals surface area contributed by atoms with Crippen molar-refractivity contribution in [3.05, 3.63) is 63.8 Å². The van der Waals surface area contributed by atoms with Crippen LogP contribution in [0.1, 0.15) is 15.9 Å². The van der Waals surface area contributed by atoms with Crippen molar-refractivity contribution in [2.45, 2.75) is 6.61 Å². The van der Waals surface area contributed by atoms with Crippen molar-refractivity contribution in [3.8, 4) is 5.75 Å². The Balaban J connectivity index is 2.02. The van der Waals surface area contributed by atoms with E-state index < -0.39 is 10.9 Å². The minimum Gasteiger partial charge on any atom is -0.485 e. The number of carbonyl (C=O) groups excluding carboxylic acids is 1. The maximum absolute atomic E-state index is 11.4. The molecule has 0 fully saturated rings. The average Bonchev–Trinajstić information content (AvgIpc) is 2.52. The molecule has 1 heterocycles. The number of esters is 1. The first-order chi connectivity index (χ1) is 10.1. The molecule has 0 saturated carbocycles. The third-order valence-electron chi connectivity index (χ3n) is 2.66. The van der Waals surface area contributed by atoms with Crippen molar-refractivity contribution in [3.63, 3.8) is 0 Å². The van der Waals surface area contributed by atoms with Crippen molar-refractivity contribution < 1.29 is 19.2 Å². The molecule has 108 valence electrons. The van der Waals surface area contributed by atoms with E-state index in [0.717, 1.165) is 5.56 Å². The van der Waals surface area contributed by atoms with Gasteiger partial charge in [0.1, 0.15) is 6.61 Å². The highest BCUT2D eigenvalue weighted by molar-refractivity contribution is 5.89. The summed E-state index contributed by atoms with van der Waals surface area (Å²) in [4.78, 5) is 25.0. The fourth-order valence-electron chi connectivity index (χ4n) is 1.64. The van der Waals surface area contributed by atoms with Gasteiger partial charge in [-0.15, -0.1) is 0 Å². The lowest BCUT2D eigenvalue weighted by atomic mass is 10.1.